The van der Waals surface area contributed by atoms with Gasteiger partial charge in [0.25, 0.3) is 0 Å². The zero-order valence-corrected chi connectivity index (χ0v) is 16.4. The first kappa shape index (κ1) is 19.7. The van der Waals surface area contributed by atoms with Crippen LogP contribution in [0.5, 0.6) is 11.5 Å². The lowest BCUT2D eigenvalue weighted by atomic mass is 10.0. The van der Waals surface area contributed by atoms with Gasteiger partial charge in [-0.3, -0.25) is 9.59 Å². The first-order chi connectivity index (χ1) is 14.6. The largest absolute Gasteiger partial charge is 0.457 e. The van der Waals surface area contributed by atoms with Crippen LogP contribution in [-0.4, -0.2) is 40.7 Å². The average molecular weight is 402 g/mol. The quantitative estimate of drug-likeness (QED) is 0.615. The normalized spacial score (nSPS) is 16.9. The molecule has 0 spiro atoms. The maximum atomic E-state index is 12.7. The Bertz CT molecular complexity index is 1110. The number of aromatic nitrogens is 1. The lowest BCUT2D eigenvalue weighted by molar-refractivity contribution is -0.132. The van der Waals surface area contributed by atoms with Crippen molar-refractivity contribution in [3.63, 3.8) is 0 Å². The molecule has 0 unspecified atom stereocenters. The van der Waals surface area contributed by atoms with E-state index < -0.39 is 6.04 Å². The Morgan fingerprint density at radius 3 is 2.80 bits per heavy atom. The first-order valence-electron chi connectivity index (χ1n) is 9.88. The monoisotopic (exact) mass is 402 g/mol. The fourth-order valence-electron chi connectivity index (χ4n) is 3.84. The molecule has 0 radical (unpaired) electrons. The molecule has 0 bridgehead atoms. The number of hydrogen-bond acceptors (Lipinski definition) is 5. The summed E-state index contributed by atoms with van der Waals surface area (Å²) in [5.41, 5.74) is 8.63. The molecule has 1 aliphatic heterocycles. The minimum Gasteiger partial charge on any atom is -0.457 e. The number of aromatic amines is 1. The van der Waals surface area contributed by atoms with Crippen LogP contribution in [0.25, 0.3) is 10.9 Å². The van der Waals surface area contributed by atoms with Crippen molar-refractivity contribution in [2.45, 2.75) is 31.3 Å². The number of nitrogens with one attached hydrogen (secondary N) is 1. The number of carbonyl (C=O) groups excluding carboxylic acids is 2. The highest BCUT2D eigenvalue weighted by Crippen LogP contribution is 2.28. The molecule has 2 heterocycles. The zero-order chi connectivity index (χ0) is 21.1. The smallest absolute Gasteiger partial charge is 0.240 e. The third kappa shape index (κ3) is 3.91. The third-order valence-electron chi connectivity index (χ3n) is 5.43. The minimum atomic E-state index is -0.710. The van der Waals surface area contributed by atoms with Gasteiger partial charge in [-0.15, -0.1) is 0 Å². The molecule has 1 aromatic heterocycles. The summed E-state index contributed by atoms with van der Waals surface area (Å²) in [6.45, 7) is 0.583. The van der Waals surface area contributed by atoms with Crippen molar-refractivity contribution < 1.29 is 14.3 Å². The molecule has 7 heteroatoms. The van der Waals surface area contributed by atoms with Crippen molar-refractivity contribution in [1.82, 2.24) is 9.88 Å². The number of likely N-dealkylation sites (tertiary alicyclic amines) is 1. The van der Waals surface area contributed by atoms with E-state index in [4.69, 9.17) is 10.5 Å². The Balaban J connectivity index is 1.51. The molecule has 1 saturated heterocycles. The molecule has 7 nitrogen and oxygen atoms in total. The average Bonchev–Trinajstić information content (AvgIpc) is 3.40. The van der Waals surface area contributed by atoms with E-state index >= 15 is 0 Å². The second-order valence-electron chi connectivity index (χ2n) is 7.44. The van der Waals surface area contributed by atoms with Gasteiger partial charge in [-0.1, -0.05) is 0 Å². The van der Waals surface area contributed by atoms with E-state index in [0.29, 0.717) is 36.4 Å². The highest BCUT2D eigenvalue weighted by atomic mass is 16.5. The van der Waals surface area contributed by atoms with Gasteiger partial charge in [-0.05, 0) is 67.3 Å². The van der Waals surface area contributed by atoms with E-state index in [1.165, 1.54) is 0 Å². The number of nitrogens with two attached hydrogens (primary N) is 1. The van der Waals surface area contributed by atoms with E-state index in [9.17, 15) is 14.9 Å². The molecule has 3 aromatic rings. The number of aldehydes is 1. The van der Waals surface area contributed by atoms with Gasteiger partial charge in [-0.25, -0.2) is 0 Å². The highest BCUT2D eigenvalue weighted by molar-refractivity contribution is 5.87. The van der Waals surface area contributed by atoms with Crippen molar-refractivity contribution in [1.29, 1.82) is 5.26 Å². The predicted octanol–water partition coefficient (Wildman–Crippen LogP) is 3.16. The number of nitrogens with zero attached hydrogens (tertiary/aromatic N) is 2. The Labute approximate surface area is 174 Å². The maximum absolute atomic E-state index is 12.7. The van der Waals surface area contributed by atoms with Crippen LogP contribution in [0.1, 0.15) is 28.8 Å². The topological polar surface area (TPSA) is 112 Å². The highest BCUT2D eigenvalue weighted by Gasteiger charge is 2.31. The van der Waals surface area contributed by atoms with Gasteiger partial charge in [0.1, 0.15) is 23.8 Å². The second-order valence-corrected chi connectivity index (χ2v) is 7.44. The Morgan fingerprint density at radius 1 is 1.30 bits per heavy atom. The zero-order valence-electron chi connectivity index (χ0n) is 16.4. The molecular weight excluding hydrogens is 380 g/mol. The maximum Gasteiger partial charge on any atom is 0.240 e. The number of H-pyrrole nitrogens is 1. The number of amides is 1. The number of benzene rings is 2. The molecule has 0 aliphatic carbocycles. The van der Waals surface area contributed by atoms with Crippen molar-refractivity contribution in [2.75, 3.05) is 6.54 Å². The first-order valence-corrected chi connectivity index (χ1v) is 9.88. The lowest BCUT2D eigenvalue weighted by Crippen LogP contribution is -2.46. The van der Waals surface area contributed by atoms with Crippen LogP contribution in [0.3, 0.4) is 0 Å². The SMILES string of the molecule is N#C[C@@H]1CCCN1C(=O)[C@@H](N)Cc1c[nH]c2ccc(Oc3ccc(C=O)cc3)cc12. The number of rotatable bonds is 6. The van der Waals surface area contributed by atoms with Crippen LogP contribution in [0.2, 0.25) is 0 Å². The molecule has 1 amide bonds. The number of fused-ring (bicyclic) bond motifs is 1. The molecule has 1 fully saturated rings. The van der Waals surface area contributed by atoms with Gasteiger partial charge < -0.3 is 20.4 Å². The number of nitriles is 1. The molecule has 4 rings (SSSR count). The fraction of sp³-hybridized carbons (Fsp3) is 0.261. The van der Waals surface area contributed by atoms with Crippen LogP contribution >= 0.6 is 0 Å². The molecule has 0 saturated carbocycles. The number of carbonyl (C=O) groups is 2. The van der Waals surface area contributed by atoms with Crippen LogP contribution in [0.15, 0.2) is 48.7 Å². The predicted molar refractivity (Wildman–Crippen MR) is 112 cm³/mol. The summed E-state index contributed by atoms with van der Waals surface area (Å²) in [6.07, 6.45) is 4.54. The van der Waals surface area contributed by atoms with Gasteiger partial charge in [0.05, 0.1) is 12.1 Å². The van der Waals surface area contributed by atoms with Crippen molar-refractivity contribution in [3.05, 3.63) is 59.8 Å². The molecular formula is C23H22N4O3. The molecule has 30 heavy (non-hydrogen) atoms. The Morgan fingerprint density at radius 2 is 2.07 bits per heavy atom. The minimum absolute atomic E-state index is 0.184. The standard InChI is InChI=1S/C23H22N4O3/c24-12-17-2-1-9-27(17)23(29)21(25)10-16-13-26-22-8-7-19(11-20(16)22)30-18-5-3-15(14-28)4-6-18/h3-8,11,13-14,17,21,26H,1-2,9-10,25H2/t17-,21-/m0/s1. The number of hydrogen-bond donors (Lipinski definition) is 2. The van der Waals surface area contributed by atoms with Crippen LogP contribution in [0, 0.1) is 11.3 Å². The van der Waals surface area contributed by atoms with Gasteiger partial charge in [0.15, 0.2) is 0 Å². The van der Waals surface area contributed by atoms with E-state index in [1.54, 1.807) is 29.2 Å². The van der Waals surface area contributed by atoms with Crippen LogP contribution in [0.4, 0.5) is 0 Å². The van der Waals surface area contributed by atoms with E-state index in [2.05, 4.69) is 11.1 Å². The second kappa shape index (κ2) is 8.39. The van der Waals surface area contributed by atoms with Crippen molar-refractivity contribution in [3.8, 4) is 17.6 Å². The summed E-state index contributed by atoms with van der Waals surface area (Å²) in [7, 11) is 0. The van der Waals surface area contributed by atoms with Crippen LogP contribution in [-0.2, 0) is 11.2 Å². The molecule has 152 valence electrons. The van der Waals surface area contributed by atoms with Gasteiger partial charge in [0.2, 0.25) is 5.91 Å². The molecule has 2 atom stereocenters. The van der Waals surface area contributed by atoms with Crippen molar-refractivity contribution in [2.24, 2.45) is 5.73 Å². The van der Waals surface area contributed by atoms with Gasteiger partial charge in [-0.2, -0.15) is 5.26 Å². The summed E-state index contributed by atoms with van der Waals surface area (Å²) in [5, 5.41) is 10.2. The van der Waals surface area contributed by atoms with Gasteiger partial charge >= 0.3 is 0 Å². The van der Waals surface area contributed by atoms with Crippen LogP contribution < -0.4 is 10.5 Å². The summed E-state index contributed by atoms with van der Waals surface area (Å²) in [6, 6.07) is 13.6. The molecule has 2 aromatic carbocycles. The summed E-state index contributed by atoms with van der Waals surface area (Å²) < 4.78 is 5.90. The molecule has 3 N–H and O–H groups in total. The summed E-state index contributed by atoms with van der Waals surface area (Å²) >= 11 is 0. The summed E-state index contributed by atoms with van der Waals surface area (Å²) in [5.74, 6) is 1.09. The third-order valence-corrected chi connectivity index (χ3v) is 5.43. The Kier molecular flexibility index (Phi) is 5.50. The lowest BCUT2D eigenvalue weighted by Gasteiger charge is -2.23. The van der Waals surface area contributed by atoms with E-state index in [-0.39, 0.29) is 11.9 Å². The van der Waals surface area contributed by atoms with E-state index in [0.717, 1.165) is 29.2 Å². The van der Waals surface area contributed by atoms with Gasteiger partial charge in [0, 0.05) is 29.2 Å². The molecule has 1 aliphatic rings. The number of ether oxygens (including phenoxy) is 1. The Hall–Kier alpha value is -3.63. The van der Waals surface area contributed by atoms with Crippen molar-refractivity contribution >= 4 is 23.1 Å². The fourth-order valence-corrected chi connectivity index (χ4v) is 3.84. The van der Waals surface area contributed by atoms with E-state index in [1.807, 2.05) is 24.4 Å². The summed E-state index contributed by atoms with van der Waals surface area (Å²) in [4.78, 5) is 28.3.